The molecule has 114 valence electrons. The Morgan fingerprint density at radius 3 is 2.20 bits per heavy atom. The van der Waals surface area contributed by atoms with Gasteiger partial charge in [-0.2, -0.15) is 0 Å². The van der Waals surface area contributed by atoms with Gasteiger partial charge in [-0.3, -0.25) is 4.90 Å². The number of halogens is 2. The number of nitrogens with two attached hydrogens (primary N) is 1. The Bertz CT molecular complexity index is 427. The molecule has 2 N–H and O–H groups in total. The lowest BCUT2D eigenvalue weighted by atomic mass is 9.85. The number of nitrogens with zero attached hydrogens (tertiary/aromatic N) is 1. The molecule has 2 nitrogen and oxygen atoms in total. The van der Waals surface area contributed by atoms with Gasteiger partial charge in [0.25, 0.3) is 6.43 Å². The standard InChI is InChI=1S/C16H26F2N2/c1-11(16(2,3)4)20(5)14(10-19)12-7-6-8-13(9-12)15(17)18/h6-9,11,14-15H,10,19H2,1-5H3. The van der Waals surface area contributed by atoms with Gasteiger partial charge in [-0.15, -0.1) is 0 Å². The van der Waals surface area contributed by atoms with E-state index in [0.29, 0.717) is 6.54 Å². The number of hydrogen-bond donors (Lipinski definition) is 1. The summed E-state index contributed by atoms with van der Waals surface area (Å²) in [7, 11) is 2.00. The smallest absolute Gasteiger partial charge is 0.263 e. The van der Waals surface area contributed by atoms with Gasteiger partial charge in [0.15, 0.2) is 0 Å². The maximum atomic E-state index is 12.8. The van der Waals surface area contributed by atoms with E-state index in [-0.39, 0.29) is 23.1 Å². The third kappa shape index (κ3) is 4.00. The van der Waals surface area contributed by atoms with Gasteiger partial charge in [-0.05, 0) is 31.0 Å². The van der Waals surface area contributed by atoms with E-state index < -0.39 is 6.43 Å². The molecule has 1 rings (SSSR count). The summed E-state index contributed by atoms with van der Waals surface area (Å²) in [6.45, 7) is 9.04. The average Bonchev–Trinajstić information content (AvgIpc) is 2.37. The molecule has 0 fully saturated rings. The van der Waals surface area contributed by atoms with E-state index in [2.05, 4.69) is 32.6 Å². The fourth-order valence-electron chi connectivity index (χ4n) is 2.32. The summed E-state index contributed by atoms with van der Waals surface area (Å²) < 4.78 is 25.6. The first-order valence-corrected chi connectivity index (χ1v) is 6.98. The predicted molar refractivity (Wildman–Crippen MR) is 79.9 cm³/mol. The summed E-state index contributed by atoms with van der Waals surface area (Å²) in [5.74, 6) is 0. The molecule has 1 aromatic rings. The molecule has 4 heteroatoms. The first kappa shape index (κ1) is 17.1. The van der Waals surface area contributed by atoms with Crippen LogP contribution in [0.3, 0.4) is 0 Å². The van der Waals surface area contributed by atoms with Gasteiger partial charge in [0.05, 0.1) is 0 Å². The molecule has 0 radical (unpaired) electrons. The van der Waals surface area contributed by atoms with E-state index in [1.807, 2.05) is 13.1 Å². The van der Waals surface area contributed by atoms with Crippen molar-refractivity contribution in [1.82, 2.24) is 4.90 Å². The largest absolute Gasteiger partial charge is 0.329 e. The Labute approximate surface area is 121 Å². The Morgan fingerprint density at radius 2 is 1.75 bits per heavy atom. The summed E-state index contributed by atoms with van der Waals surface area (Å²) in [6, 6.07) is 6.79. The molecule has 1 aromatic carbocycles. The van der Waals surface area contributed by atoms with Crippen LogP contribution in [0.5, 0.6) is 0 Å². The molecule has 0 aliphatic carbocycles. The van der Waals surface area contributed by atoms with E-state index in [1.165, 1.54) is 6.07 Å². The van der Waals surface area contributed by atoms with Crippen LogP contribution in [0.4, 0.5) is 8.78 Å². The third-order valence-electron chi connectivity index (χ3n) is 4.13. The van der Waals surface area contributed by atoms with E-state index >= 15 is 0 Å². The van der Waals surface area contributed by atoms with Crippen molar-refractivity contribution in [2.75, 3.05) is 13.6 Å². The lowest BCUT2D eigenvalue weighted by Crippen LogP contribution is -2.43. The highest BCUT2D eigenvalue weighted by atomic mass is 19.3. The topological polar surface area (TPSA) is 29.3 Å². The van der Waals surface area contributed by atoms with Crippen molar-refractivity contribution < 1.29 is 8.78 Å². The van der Waals surface area contributed by atoms with E-state index in [4.69, 9.17) is 5.73 Å². The summed E-state index contributed by atoms with van der Waals surface area (Å²) in [4.78, 5) is 2.17. The lowest BCUT2D eigenvalue weighted by Gasteiger charge is -2.40. The maximum Gasteiger partial charge on any atom is 0.263 e. The molecule has 0 aliphatic rings. The molecular weight excluding hydrogens is 258 g/mol. The number of likely N-dealkylation sites (N-methyl/N-ethyl adjacent to an activating group) is 1. The van der Waals surface area contributed by atoms with Gasteiger partial charge >= 0.3 is 0 Å². The van der Waals surface area contributed by atoms with Gasteiger partial charge in [0.2, 0.25) is 0 Å². The van der Waals surface area contributed by atoms with E-state index in [9.17, 15) is 8.78 Å². The van der Waals surface area contributed by atoms with Gasteiger partial charge in [0, 0.05) is 24.2 Å². The summed E-state index contributed by atoms with van der Waals surface area (Å²) in [5, 5.41) is 0. The molecule has 0 heterocycles. The fourth-order valence-corrected chi connectivity index (χ4v) is 2.32. The van der Waals surface area contributed by atoms with Gasteiger partial charge in [-0.1, -0.05) is 39.0 Å². The summed E-state index contributed by atoms with van der Waals surface area (Å²) in [5.41, 5.74) is 6.89. The van der Waals surface area contributed by atoms with E-state index in [1.54, 1.807) is 12.1 Å². The van der Waals surface area contributed by atoms with Crippen LogP contribution in [-0.2, 0) is 0 Å². The van der Waals surface area contributed by atoms with Crippen LogP contribution < -0.4 is 5.73 Å². The van der Waals surface area contributed by atoms with Crippen molar-refractivity contribution in [2.45, 2.75) is 46.2 Å². The first-order chi connectivity index (χ1) is 9.18. The molecule has 0 amide bonds. The highest BCUT2D eigenvalue weighted by Crippen LogP contribution is 2.31. The summed E-state index contributed by atoms with van der Waals surface area (Å²) in [6.07, 6.45) is -2.45. The second-order valence-electron chi connectivity index (χ2n) is 6.43. The van der Waals surface area contributed by atoms with Gasteiger partial charge < -0.3 is 5.73 Å². The van der Waals surface area contributed by atoms with Crippen LogP contribution in [0.2, 0.25) is 0 Å². The third-order valence-corrected chi connectivity index (χ3v) is 4.13. The SMILES string of the molecule is CC(N(C)C(CN)c1cccc(C(F)F)c1)C(C)(C)C. The molecule has 0 saturated carbocycles. The van der Waals surface area contributed by atoms with Crippen LogP contribution in [0.15, 0.2) is 24.3 Å². The molecule has 0 bridgehead atoms. The zero-order chi connectivity index (χ0) is 15.5. The van der Waals surface area contributed by atoms with Crippen LogP contribution in [0.25, 0.3) is 0 Å². The second kappa shape index (κ2) is 6.64. The second-order valence-corrected chi connectivity index (χ2v) is 6.43. The molecule has 0 aliphatic heterocycles. The lowest BCUT2D eigenvalue weighted by molar-refractivity contribution is 0.0997. The molecular formula is C16H26F2N2. The van der Waals surface area contributed by atoms with Crippen molar-refractivity contribution in [3.8, 4) is 0 Å². The zero-order valence-corrected chi connectivity index (χ0v) is 13.0. The van der Waals surface area contributed by atoms with E-state index in [0.717, 1.165) is 5.56 Å². The monoisotopic (exact) mass is 284 g/mol. The van der Waals surface area contributed by atoms with Crippen LogP contribution >= 0.6 is 0 Å². The Hall–Kier alpha value is -1.00. The normalized spacial score (nSPS) is 15.7. The van der Waals surface area contributed by atoms with Crippen molar-refractivity contribution >= 4 is 0 Å². The molecule has 0 aromatic heterocycles. The Kier molecular flexibility index (Phi) is 5.66. The molecule has 0 saturated heterocycles. The highest BCUT2D eigenvalue weighted by molar-refractivity contribution is 5.27. The minimum atomic E-state index is -2.45. The van der Waals surface area contributed by atoms with Crippen molar-refractivity contribution in [3.05, 3.63) is 35.4 Å². The predicted octanol–water partition coefficient (Wildman–Crippen LogP) is 3.99. The number of hydrogen-bond acceptors (Lipinski definition) is 2. The minimum Gasteiger partial charge on any atom is -0.329 e. The van der Waals surface area contributed by atoms with Gasteiger partial charge in [-0.25, -0.2) is 8.78 Å². The molecule has 2 atom stereocenters. The zero-order valence-electron chi connectivity index (χ0n) is 13.0. The Morgan fingerprint density at radius 1 is 1.20 bits per heavy atom. The Balaban J connectivity index is 3.04. The first-order valence-electron chi connectivity index (χ1n) is 6.98. The number of rotatable bonds is 5. The summed E-state index contributed by atoms with van der Waals surface area (Å²) >= 11 is 0. The number of benzene rings is 1. The maximum absolute atomic E-state index is 12.8. The van der Waals surface area contributed by atoms with Crippen molar-refractivity contribution in [3.63, 3.8) is 0 Å². The average molecular weight is 284 g/mol. The molecule has 2 unspecified atom stereocenters. The number of alkyl halides is 2. The van der Waals surface area contributed by atoms with Crippen LogP contribution in [0.1, 0.15) is 51.3 Å². The quantitative estimate of drug-likeness (QED) is 0.886. The highest BCUT2D eigenvalue weighted by Gasteiger charge is 2.29. The minimum absolute atomic E-state index is 0.0528. The van der Waals surface area contributed by atoms with Crippen LogP contribution in [-0.4, -0.2) is 24.5 Å². The van der Waals surface area contributed by atoms with Crippen molar-refractivity contribution in [2.24, 2.45) is 11.1 Å². The van der Waals surface area contributed by atoms with Crippen molar-refractivity contribution in [1.29, 1.82) is 0 Å². The molecule has 20 heavy (non-hydrogen) atoms. The van der Waals surface area contributed by atoms with Gasteiger partial charge in [0.1, 0.15) is 0 Å². The van der Waals surface area contributed by atoms with Crippen LogP contribution in [0, 0.1) is 5.41 Å². The molecule has 0 spiro atoms. The fraction of sp³-hybridized carbons (Fsp3) is 0.625.